The van der Waals surface area contributed by atoms with Crippen LogP contribution in [0.3, 0.4) is 0 Å². The molecule has 0 radical (unpaired) electrons. The first kappa shape index (κ1) is 14.8. The summed E-state index contributed by atoms with van der Waals surface area (Å²) in [5.41, 5.74) is 3.07. The van der Waals surface area contributed by atoms with E-state index in [1.54, 1.807) is 7.11 Å². The summed E-state index contributed by atoms with van der Waals surface area (Å²) in [6.07, 6.45) is 1.51. The predicted molar refractivity (Wildman–Crippen MR) is 81.6 cm³/mol. The van der Waals surface area contributed by atoms with Crippen LogP contribution in [0, 0.1) is 0 Å². The summed E-state index contributed by atoms with van der Waals surface area (Å²) >= 11 is 0. The number of carbonyl (C=O) groups excluding carboxylic acids is 1. The maximum absolute atomic E-state index is 11.9. The van der Waals surface area contributed by atoms with Crippen LogP contribution in [0.2, 0.25) is 0 Å². The van der Waals surface area contributed by atoms with E-state index in [0.717, 1.165) is 29.6 Å². The summed E-state index contributed by atoms with van der Waals surface area (Å²) < 4.78 is 10.7. The average Bonchev–Trinajstić information content (AvgIpc) is 2.68. The van der Waals surface area contributed by atoms with Gasteiger partial charge in [0.15, 0.2) is 0 Å². The Kier molecular flexibility index (Phi) is 3.98. The fourth-order valence-electron chi connectivity index (χ4n) is 2.58. The van der Waals surface area contributed by atoms with Crippen LogP contribution >= 0.6 is 0 Å². The van der Waals surface area contributed by atoms with Crippen molar-refractivity contribution in [2.75, 3.05) is 7.11 Å². The molecule has 1 aliphatic rings. The van der Waals surface area contributed by atoms with Gasteiger partial charge in [-0.2, -0.15) is 0 Å². The zero-order chi connectivity index (χ0) is 14.9. The standard InChI is InChI=1S/C15H22BNO3/c1-15(2,3)20-14(18)17-12-6-5-9-7-11(16)13(19-4)8-10(9)12/h7-8,12H,5-6,16H2,1-4H3,(H,17,18). The molecule has 4 nitrogen and oxygen atoms in total. The summed E-state index contributed by atoms with van der Waals surface area (Å²) in [5, 5.41) is 2.95. The number of carbonyl (C=O) groups is 1. The van der Waals surface area contributed by atoms with E-state index < -0.39 is 5.60 Å². The van der Waals surface area contributed by atoms with Crippen molar-refractivity contribution in [3.8, 4) is 5.75 Å². The lowest BCUT2D eigenvalue weighted by atomic mass is 9.91. The first-order valence-corrected chi connectivity index (χ1v) is 6.97. The van der Waals surface area contributed by atoms with Gasteiger partial charge in [-0.05, 0) is 56.3 Å². The molecular weight excluding hydrogens is 253 g/mol. The first-order valence-electron chi connectivity index (χ1n) is 6.97. The first-order chi connectivity index (χ1) is 9.30. The lowest BCUT2D eigenvalue weighted by Gasteiger charge is -2.22. The predicted octanol–water partition coefficient (Wildman–Crippen LogP) is 1.47. The van der Waals surface area contributed by atoms with E-state index in [9.17, 15) is 4.79 Å². The van der Waals surface area contributed by atoms with Crippen molar-refractivity contribution in [2.24, 2.45) is 0 Å². The quantitative estimate of drug-likeness (QED) is 0.831. The minimum absolute atomic E-state index is 0.00866. The topological polar surface area (TPSA) is 47.6 Å². The number of hydrogen-bond donors (Lipinski definition) is 1. The number of alkyl carbamates (subject to hydrolysis) is 1. The molecule has 20 heavy (non-hydrogen) atoms. The molecule has 0 aliphatic heterocycles. The molecule has 5 heteroatoms. The van der Waals surface area contributed by atoms with Crippen molar-refractivity contribution in [3.63, 3.8) is 0 Å². The maximum Gasteiger partial charge on any atom is 0.408 e. The van der Waals surface area contributed by atoms with E-state index in [2.05, 4.69) is 11.4 Å². The molecule has 1 N–H and O–H groups in total. The van der Waals surface area contributed by atoms with E-state index in [1.807, 2.05) is 34.7 Å². The smallest absolute Gasteiger partial charge is 0.408 e. The average molecular weight is 275 g/mol. The molecule has 1 unspecified atom stereocenters. The molecular formula is C15H22BNO3. The summed E-state index contributed by atoms with van der Waals surface area (Å²) in [6.45, 7) is 5.59. The van der Waals surface area contributed by atoms with Gasteiger partial charge < -0.3 is 14.8 Å². The highest BCUT2D eigenvalue weighted by Crippen LogP contribution is 2.33. The molecule has 0 saturated carbocycles. The number of benzene rings is 1. The van der Waals surface area contributed by atoms with Crippen molar-refractivity contribution in [1.82, 2.24) is 5.32 Å². The molecule has 1 atom stereocenters. The highest BCUT2D eigenvalue weighted by molar-refractivity contribution is 6.34. The molecule has 0 bridgehead atoms. The van der Waals surface area contributed by atoms with Gasteiger partial charge in [0.2, 0.25) is 0 Å². The molecule has 0 heterocycles. The van der Waals surface area contributed by atoms with Gasteiger partial charge >= 0.3 is 6.09 Å². The Balaban J connectivity index is 2.13. The molecule has 0 saturated heterocycles. The Morgan fingerprint density at radius 2 is 2.10 bits per heavy atom. The van der Waals surface area contributed by atoms with Gasteiger partial charge in [-0.3, -0.25) is 0 Å². The number of amides is 1. The summed E-state index contributed by atoms with van der Waals surface area (Å²) in [6, 6.07) is 4.18. The molecule has 2 rings (SSSR count). The highest BCUT2D eigenvalue weighted by atomic mass is 16.6. The van der Waals surface area contributed by atoms with Crippen LogP contribution in [0.5, 0.6) is 5.75 Å². The molecule has 1 amide bonds. The van der Waals surface area contributed by atoms with Crippen LogP contribution in [0.1, 0.15) is 44.4 Å². The van der Waals surface area contributed by atoms with Gasteiger partial charge in [0.25, 0.3) is 0 Å². The Morgan fingerprint density at radius 3 is 2.70 bits per heavy atom. The monoisotopic (exact) mass is 275 g/mol. The van der Waals surface area contributed by atoms with Gasteiger partial charge in [0.05, 0.1) is 13.2 Å². The second kappa shape index (κ2) is 5.39. The van der Waals surface area contributed by atoms with Crippen molar-refractivity contribution < 1.29 is 14.3 Å². The van der Waals surface area contributed by atoms with E-state index in [4.69, 9.17) is 9.47 Å². The lowest BCUT2D eigenvalue weighted by molar-refractivity contribution is 0.0503. The number of ether oxygens (including phenoxy) is 2. The van der Waals surface area contributed by atoms with E-state index in [0.29, 0.717) is 0 Å². The van der Waals surface area contributed by atoms with Gasteiger partial charge in [-0.25, -0.2) is 4.79 Å². The Bertz CT molecular complexity index is 523. The molecule has 0 fully saturated rings. The molecule has 108 valence electrons. The molecule has 1 aromatic carbocycles. The normalized spacial score (nSPS) is 17.5. The van der Waals surface area contributed by atoms with Gasteiger partial charge in [-0.1, -0.05) is 6.07 Å². The Labute approximate surface area is 121 Å². The SMILES string of the molecule is Bc1cc2c(cc1OC)C(NC(=O)OC(C)(C)C)CC2. The number of fused-ring (bicyclic) bond motifs is 1. The van der Waals surface area contributed by atoms with Gasteiger partial charge in [0, 0.05) is 0 Å². The fraction of sp³-hybridized carbons (Fsp3) is 0.533. The second-order valence-corrected chi connectivity index (χ2v) is 6.26. The Hall–Kier alpha value is -1.65. The van der Waals surface area contributed by atoms with Crippen molar-refractivity contribution in [3.05, 3.63) is 23.3 Å². The van der Waals surface area contributed by atoms with Crippen LogP contribution in [-0.4, -0.2) is 26.7 Å². The van der Waals surface area contributed by atoms with Crippen LogP contribution in [0.15, 0.2) is 12.1 Å². The van der Waals surface area contributed by atoms with Gasteiger partial charge in [0.1, 0.15) is 19.2 Å². The van der Waals surface area contributed by atoms with Gasteiger partial charge in [-0.15, -0.1) is 0 Å². The Morgan fingerprint density at radius 1 is 1.40 bits per heavy atom. The maximum atomic E-state index is 11.9. The third-order valence-electron chi connectivity index (χ3n) is 3.43. The molecule has 0 spiro atoms. The van der Waals surface area contributed by atoms with Crippen LogP contribution in [0.4, 0.5) is 4.79 Å². The third-order valence-corrected chi connectivity index (χ3v) is 3.43. The molecule has 1 aromatic rings. The zero-order valence-corrected chi connectivity index (χ0v) is 12.9. The van der Waals surface area contributed by atoms with Crippen molar-refractivity contribution in [1.29, 1.82) is 0 Å². The number of hydrogen-bond acceptors (Lipinski definition) is 3. The third kappa shape index (κ3) is 3.27. The second-order valence-electron chi connectivity index (χ2n) is 6.26. The fourth-order valence-corrected chi connectivity index (χ4v) is 2.58. The van der Waals surface area contributed by atoms with E-state index in [1.165, 1.54) is 5.56 Å². The zero-order valence-electron chi connectivity index (χ0n) is 12.9. The molecule has 0 aromatic heterocycles. The number of methoxy groups -OCH3 is 1. The largest absolute Gasteiger partial charge is 0.497 e. The summed E-state index contributed by atoms with van der Waals surface area (Å²) in [4.78, 5) is 11.9. The van der Waals surface area contributed by atoms with Crippen LogP contribution < -0.4 is 15.5 Å². The van der Waals surface area contributed by atoms with E-state index >= 15 is 0 Å². The van der Waals surface area contributed by atoms with E-state index in [-0.39, 0.29) is 12.1 Å². The van der Waals surface area contributed by atoms with Crippen molar-refractivity contribution in [2.45, 2.75) is 45.3 Å². The summed E-state index contributed by atoms with van der Waals surface area (Å²) in [5.74, 6) is 0.863. The van der Waals surface area contributed by atoms with Crippen LogP contribution in [0.25, 0.3) is 0 Å². The minimum atomic E-state index is -0.476. The number of nitrogens with one attached hydrogen (secondary N) is 1. The minimum Gasteiger partial charge on any atom is -0.497 e. The summed E-state index contributed by atoms with van der Waals surface area (Å²) in [7, 11) is 3.70. The van der Waals surface area contributed by atoms with Crippen LogP contribution in [-0.2, 0) is 11.2 Å². The van der Waals surface area contributed by atoms with Crippen molar-refractivity contribution >= 4 is 19.4 Å². The highest BCUT2D eigenvalue weighted by Gasteiger charge is 2.27. The molecule has 1 aliphatic carbocycles. The number of aryl methyl sites for hydroxylation is 1. The number of rotatable bonds is 2. The lowest BCUT2D eigenvalue weighted by Crippen LogP contribution is -2.34.